The second-order valence-electron chi connectivity index (χ2n) is 5.64. The molecule has 0 radical (unpaired) electrons. The van der Waals surface area contributed by atoms with Crippen LogP contribution in [0.4, 0.5) is 4.79 Å². The summed E-state index contributed by atoms with van der Waals surface area (Å²) in [5.74, 6) is -0.612. The minimum absolute atomic E-state index is 0.151. The van der Waals surface area contributed by atoms with Gasteiger partial charge in [0.1, 0.15) is 0 Å². The van der Waals surface area contributed by atoms with Crippen LogP contribution in [0, 0.1) is 5.92 Å². The molecule has 20 heavy (non-hydrogen) atoms. The van der Waals surface area contributed by atoms with Crippen LogP contribution in [0.15, 0.2) is 0 Å². The van der Waals surface area contributed by atoms with Gasteiger partial charge in [0.25, 0.3) is 0 Å². The Morgan fingerprint density at radius 1 is 1.10 bits per heavy atom. The average Bonchev–Trinajstić information content (AvgIpc) is 2.39. The third kappa shape index (κ3) is 11.8. The highest BCUT2D eigenvalue weighted by Crippen LogP contribution is 2.06. The lowest BCUT2D eigenvalue weighted by molar-refractivity contribution is -0.137. The Kier molecular flexibility index (Phi) is 10.8. The molecule has 0 saturated carbocycles. The van der Waals surface area contributed by atoms with Gasteiger partial charge in [0.2, 0.25) is 0 Å². The third-order valence-electron chi connectivity index (χ3n) is 3.33. The number of carboxylic acid groups (broad SMARTS) is 1. The van der Waals surface area contributed by atoms with E-state index in [1.165, 1.54) is 19.3 Å². The molecule has 2 amide bonds. The monoisotopic (exact) mass is 286 g/mol. The number of unbranched alkanes of at least 4 members (excludes halogenated alkanes) is 3. The molecule has 0 rings (SSSR count). The van der Waals surface area contributed by atoms with Crippen LogP contribution in [0.1, 0.15) is 65.7 Å². The fourth-order valence-corrected chi connectivity index (χ4v) is 1.96. The summed E-state index contributed by atoms with van der Waals surface area (Å²) in [6.07, 6.45) is 6.57. The van der Waals surface area contributed by atoms with Crippen molar-refractivity contribution in [3.05, 3.63) is 0 Å². The number of urea groups is 1. The summed E-state index contributed by atoms with van der Waals surface area (Å²) in [6.45, 7) is 6.65. The van der Waals surface area contributed by atoms with Crippen LogP contribution in [0.3, 0.4) is 0 Å². The Morgan fingerprint density at radius 3 is 2.40 bits per heavy atom. The van der Waals surface area contributed by atoms with Crippen molar-refractivity contribution in [2.45, 2.75) is 71.8 Å². The molecule has 5 heteroatoms. The zero-order valence-corrected chi connectivity index (χ0v) is 13.1. The van der Waals surface area contributed by atoms with Crippen LogP contribution in [0.5, 0.6) is 0 Å². The van der Waals surface area contributed by atoms with Crippen LogP contribution < -0.4 is 10.6 Å². The van der Waals surface area contributed by atoms with E-state index >= 15 is 0 Å². The average molecular weight is 286 g/mol. The molecule has 0 aromatic rings. The fraction of sp³-hybridized carbons (Fsp3) is 0.867. The standard InChI is InChI=1S/C15H30N2O3/c1-4-5-6-7-8-13(3)17-15(20)16-11-12(2)9-10-14(18)19/h12-13H,4-11H2,1-3H3,(H,18,19)(H2,16,17,20). The van der Waals surface area contributed by atoms with Crippen molar-refractivity contribution in [2.24, 2.45) is 5.92 Å². The molecule has 0 fully saturated rings. The maximum absolute atomic E-state index is 11.6. The smallest absolute Gasteiger partial charge is 0.315 e. The first kappa shape index (κ1) is 18.7. The van der Waals surface area contributed by atoms with Crippen LogP contribution in [0.25, 0.3) is 0 Å². The molecule has 0 aromatic carbocycles. The molecule has 0 spiro atoms. The number of carbonyl (C=O) groups is 2. The van der Waals surface area contributed by atoms with Gasteiger partial charge in [-0.1, -0.05) is 39.5 Å². The van der Waals surface area contributed by atoms with Gasteiger partial charge in [0.15, 0.2) is 0 Å². The lowest BCUT2D eigenvalue weighted by atomic mass is 10.1. The Hall–Kier alpha value is -1.26. The van der Waals surface area contributed by atoms with E-state index in [0.717, 1.165) is 12.8 Å². The Morgan fingerprint density at radius 2 is 1.80 bits per heavy atom. The molecule has 3 N–H and O–H groups in total. The molecule has 2 unspecified atom stereocenters. The number of amides is 2. The van der Waals surface area contributed by atoms with Gasteiger partial charge in [-0.25, -0.2) is 4.79 Å². The quantitative estimate of drug-likeness (QED) is 0.510. The molecule has 118 valence electrons. The van der Waals surface area contributed by atoms with E-state index in [0.29, 0.717) is 13.0 Å². The first-order chi connectivity index (χ1) is 9.45. The molecule has 0 aliphatic heterocycles. The summed E-state index contributed by atoms with van der Waals surface area (Å²) in [5.41, 5.74) is 0. The molecule has 5 nitrogen and oxygen atoms in total. The van der Waals surface area contributed by atoms with Gasteiger partial charge in [-0.3, -0.25) is 4.79 Å². The van der Waals surface area contributed by atoms with E-state index < -0.39 is 5.97 Å². The minimum Gasteiger partial charge on any atom is -0.481 e. The Balaban J connectivity index is 3.63. The zero-order chi connectivity index (χ0) is 15.4. The van der Waals surface area contributed by atoms with Crippen molar-refractivity contribution >= 4 is 12.0 Å². The van der Waals surface area contributed by atoms with E-state index in [1.54, 1.807) is 0 Å². The van der Waals surface area contributed by atoms with E-state index in [1.807, 2.05) is 13.8 Å². The Labute approximate surface area is 122 Å². The Bertz CT molecular complexity index is 282. The minimum atomic E-state index is -0.790. The van der Waals surface area contributed by atoms with Crippen LogP contribution in [0.2, 0.25) is 0 Å². The predicted molar refractivity (Wildman–Crippen MR) is 80.8 cm³/mol. The summed E-state index contributed by atoms with van der Waals surface area (Å²) in [4.78, 5) is 22.1. The second kappa shape index (κ2) is 11.6. The molecule has 0 heterocycles. The first-order valence-corrected chi connectivity index (χ1v) is 7.71. The normalized spacial score (nSPS) is 13.6. The molecule has 0 bridgehead atoms. The fourth-order valence-electron chi connectivity index (χ4n) is 1.96. The molecule has 2 atom stereocenters. The summed E-state index contributed by atoms with van der Waals surface area (Å²) in [6, 6.07) is 0.0244. The van der Waals surface area contributed by atoms with Gasteiger partial charge in [-0.2, -0.15) is 0 Å². The van der Waals surface area contributed by atoms with Gasteiger partial charge >= 0.3 is 12.0 Å². The molecule has 0 aromatic heterocycles. The number of carbonyl (C=O) groups excluding carboxylic acids is 1. The maximum atomic E-state index is 11.6. The van der Waals surface area contributed by atoms with Crippen LogP contribution in [-0.2, 0) is 4.79 Å². The van der Waals surface area contributed by atoms with Crippen LogP contribution >= 0.6 is 0 Å². The van der Waals surface area contributed by atoms with Gasteiger partial charge in [-0.15, -0.1) is 0 Å². The molecular weight excluding hydrogens is 256 g/mol. The number of nitrogens with one attached hydrogen (secondary N) is 2. The van der Waals surface area contributed by atoms with Gasteiger partial charge in [0, 0.05) is 19.0 Å². The number of hydrogen-bond donors (Lipinski definition) is 3. The molecule has 0 aliphatic carbocycles. The summed E-state index contributed by atoms with van der Waals surface area (Å²) < 4.78 is 0. The van der Waals surface area contributed by atoms with Gasteiger partial charge in [0.05, 0.1) is 0 Å². The summed E-state index contributed by atoms with van der Waals surface area (Å²) in [7, 11) is 0. The van der Waals surface area contributed by atoms with E-state index in [4.69, 9.17) is 5.11 Å². The van der Waals surface area contributed by atoms with Crippen molar-refractivity contribution in [3.8, 4) is 0 Å². The SMILES string of the molecule is CCCCCCC(C)NC(=O)NCC(C)CCC(=O)O. The maximum Gasteiger partial charge on any atom is 0.315 e. The summed E-state index contributed by atoms with van der Waals surface area (Å²) >= 11 is 0. The van der Waals surface area contributed by atoms with E-state index in [2.05, 4.69) is 17.6 Å². The van der Waals surface area contributed by atoms with Crippen molar-refractivity contribution in [1.82, 2.24) is 10.6 Å². The number of aliphatic carboxylic acids is 1. The topological polar surface area (TPSA) is 78.4 Å². The van der Waals surface area contributed by atoms with Crippen LogP contribution in [-0.4, -0.2) is 29.7 Å². The van der Waals surface area contributed by atoms with Gasteiger partial charge < -0.3 is 15.7 Å². The van der Waals surface area contributed by atoms with E-state index in [9.17, 15) is 9.59 Å². The van der Waals surface area contributed by atoms with E-state index in [-0.39, 0.29) is 24.4 Å². The third-order valence-corrected chi connectivity index (χ3v) is 3.33. The van der Waals surface area contributed by atoms with Crippen molar-refractivity contribution < 1.29 is 14.7 Å². The van der Waals surface area contributed by atoms with Crippen molar-refractivity contribution in [2.75, 3.05) is 6.54 Å². The second-order valence-corrected chi connectivity index (χ2v) is 5.64. The highest BCUT2D eigenvalue weighted by molar-refractivity contribution is 5.74. The predicted octanol–water partition coefficient (Wildman–Crippen LogP) is 3.15. The number of rotatable bonds is 11. The molecule has 0 saturated heterocycles. The summed E-state index contributed by atoms with van der Waals surface area (Å²) in [5, 5.41) is 14.3. The number of hydrogen-bond acceptors (Lipinski definition) is 2. The van der Waals surface area contributed by atoms with Gasteiger partial charge in [-0.05, 0) is 25.7 Å². The lowest BCUT2D eigenvalue weighted by Crippen LogP contribution is -2.42. The van der Waals surface area contributed by atoms with Crippen molar-refractivity contribution in [1.29, 1.82) is 0 Å². The number of carboxylic acids is 1. The zero-order valence-electron chi connectivity index (χ0n) is 13.1. The molecular formula is C15H30N2O3. The first-order valence-electron chi connectivity index (χ1n) is 7.71. The molecule has 0 aliphatic rings. The largest absolute Gasteiger partial charge is 0.481 e. The van der Waals surface area contributed by atoms with Crippen molar-refractivity contribution in [3.63, 3.8) is 0 Å². The lowest BCUT2D eigenvalue weighted by Gasteiger charge is -2.16. The highest BCUT2D eigenvalue weighted by Gasteiger charge is 2.09. The highest BCUT2D eigenvalue weighted by atomic mass is 16.4.